The maximum absolute atomic E-state index is 12.4. The van der Waals surface area contributed by atoms with E-state index in [4.69, 9.17) is 11.6 Å². The van der Waals surface area contributed by atoms with Crippen molar-refractivity contribution >= 4 is 40.7 Å². The molecule has 1 amide bonds. The summed E-state index contributed by atoms with van der Waals surface area (Å²) in [5, 5.41) is 3.13. The second kappa shape index (κ2) is 7.47. The fourth-order valence-corrected chi connectivity index (χ4v) is 3.00. The Kier molecular flexibility index (Phi) is 5.63. The Balaban J connectivity index is 2.01. The van der Waals surface area contributed by atoms with E-state index < -0.39 is 0 Å². The van der Waals surface area contributed by atoms with E-state index in [1.54, 1.807) is 24.3 Å². The van der Waals surface area contributed by atoms with Gasteiger partial charge >= 0.3 is 0 Å². The van der Waals surface area contributed by atoms with Crippen LogP contribution in [0.15, 0.2) is 53.4 Å². The predicted octanol–water partition coefficient (Wildman–Crippen LogP) is 4.66. The molecule has 0 aromatic heterocycles. The lowest BCUT2D eigenvalue weighted by Crippen LogP contribution is -2.13. The molecule has 5 heteroatoms. The van der Waals surface area contributed by atoms with Crippen LogP contribution >= 0.6 is 23.4 Å². The molecule has 22 heavy (non-hydrogen) atoms. The molecule has 0 radical (unpaired) electrons. The molecule has 3 nitrogen and oxygen atoms in total. The molecule has 2 aromatic carbocycles. The molecule has 0 aliphatic heterocycles. The average Bonchev–Trinajstić information content (AvgIpc) is 2.49. The van der Waals surface area contributed by atoms with Gasteiger partial charge in [-0.25, -0.2) is 0 Å². The molecule has 0 bridgehead atoms. The highest BCUT2D eigenvalue weighted by molar-refractivity contribution is 8.00. The Labute approximate surface area is 139 Å². The highest BCUT2D eigenvalue weighted by atomic mass is 35.5. The zero-order valence-corrected chi connectivity index (χ0v) is 13.9. The number of anilines is 1. The summed E-state index contributed by atoms with van der Waals surface area (Å²) in [6.07, 6.45) is 0. The standard InChI is InChI=1S/C17H16ClNO2S/c1-11(17(21)13-3-5-14(18)6-4-13)22-16-9-7-15(8-10-16)19-12(2)20/h3-11H,1-2H3,(H,19,20)/t11-/m0/s1. The van der Waals surface area contributed by atoms with Gasteiger partial charge in [0.15, 0.2) is 5.78 Å². The molecule has 0 aliphatic carbocycles. The van der Waals surface area contributed by atoms with E-state index in [0.717, 1.165) is 10.6 Å². The van der Waals surface area contributed by atoms with Crippen LogP contribution in [0.5, 0.6) is 0 Å². The van der Waals surface area contributed by atoms with Gasteiger partial charge in [-0.15, -0.1) is 11.8 Å². The van der Waals surface area contributed by atoms with Crippen molar-refractivity contribution in [2.75, 3.05) is 5.32 Å². The Morgan fingerprint density at radius 1 is 1.05 bits per heavy atom. The smallest absolute Gasteiger partial charge is 0.221 e. The van der Waals surface area contributed by atoms with E-state index in [2.05, 4.69) is 5.32 Å². The number of rotatable bonds is 5. The molecule has 0 saturated carbocycles. The van der Waals surface area contributed by atoms with Crippen LogP contribution in [-0.4, -0.2) is 16.9 Å². The van der Waals surface area contributed by atoms with Gasteiger partial charge < -0.3 is 5.32 Å². The van der Waals surface area contributed by atoms with Gasteiger partial charge in [0.1, 0.15) is 0 Å². The van der Waals surface area contributed by atoms with E-state index in [-0.39, 0.29) is 16.9 Å². The van der Waals surface area contributed by atoms with Crippen molar-refractivity contribution in [2.24, 2.45) is 0 Å². The number of nitrogens with one attached hydrogen (secondary N) is 1. The topological polar surface area (TPSA) is 46.2 Å². The molecule has 114 valence electrons. The Morgan fingerprint density at radius 2 is 1.64 bits per heavy atom. The second-order valence-electron chi connectivity index (χ2n) is 4.84. The molecule has 0 unspecified atom stereocenters. The highest BCUT2D eigenvalue weighted by Crippen LogP contribution is 2.27. The maximum atomic E-state index is 12.4. The van der Waals surface area contributed by atoms with Crippen LogP contribution in [0.25, 0.3) is 0 Å². The first-order chi connectivity index (χ1) is 10.5. The minimum Gasteiger partial charge on any atom is -0.326 e. The van der Waals surface area contributed by atoms with Gasteiger partial charge in [0, 0.05) is 28.1 Å². The summed E-state index contributed by atoms with van der Waals surface area (Å²) in [5.74, 6) is -0.0423. The van der Waals surface area contributed by atoms with E-state index in [0.29, 0.717) is 10.6 Å². The summed E-state index contributed by atoms with van der Waals surface area (Å²) < 4.78 is 0. The third-order valence-electron chi connectivity index (χ3n) is 2.99. The van der Waals surface area contributed by atoms with Gasteiger partial charge in [-0.05, 0) is 55.5 Å². The lowest BCUT2D eigenvalue weighted by atomic mass is 10.1. The molecule has 2 rings (SSSR count). The van der Waals surface area contributed by atoms with Crippen LogP contribution in [-0.2, 0) is 4.79 Å². The molecule has 0 fully saturated rings. The van der Waals surface area contributed by atoms with E-state index >= 15 is 0 Å². The highest BCUT2D eigenvalue weighted by Gasteiger charge is 2.16. The number of thioether (sulfide) groups is 1. The first-order valence-corrected chi connectivity index (χ1v) is 8.05. The SMILES string of the molecule is CC(=O)Nc1ccc(S[C@@H](C)C(=O)c2ccc(Cl)cc2)cc1. The van der Waals surface area contributed by atoms with Crippen molar-refractivity contribution in [1.29, 1.82) is 0 Å². The number of amides is 1. The van der Waals surface area contributed by atoms with Crippen LogP contribution in [0.3, 0.4) is 0 Å². The van der Waals surface area contributed by atoms with Crippen molar-refractivity contribution in [1.82, 2.24) is 0 Å². The molecule has 0 aliphatic rings. The lowest BCUT2D eigenvalue weighted by molar-refractivity contribution is -0.114. The third kappa shape index (κ3) is 4.61. The zero-order chi connectivity index (χ0) is 16.1. The van der Waals surface area contributed by atoms with Crippen molar-refractivity contribution < 1.29 is 9.59 Å². The largest absolute Gasteiger partial charge is 0.326 e. The molecule has 0 spiro atoms. The van der Waals surface area contributed by atoms with Crippen molar-refractivity contribution in [3.05, 3.63) is 59.1 Å². The number of hydrogen-bond acceptors (Lipinski definition) is 3. The summed E-state index contributed by atoms with van der Waals surface area (Å²) >= 11 is 7.31. The number of carbonyl (C=O) groups is 2. The third-order valence-corrected chi connectivity index (χ3v) is 4.35. The van der Waals surface area contributed by atoms with Crippen LogP contribution in [0.4, 0.5) is 5.69 Å². The van der Waals surface area contributed by atoms with Gasteiger partial charge in [0.2, 0.25) is 5.91 Å². The van der Waals surface area contributed by atoms with Crippen molar-refractivity contribution in [3.8, 4) is 0 Å². The summed E-state index contributed by atoms with van der Waals surface area (Å²) in [5.41, 5.74) is 1.40. The second-order valence-corrected chi connectivity index (χ2v) is 6.69. The summed E-state index contributed by atoms with van der Waals surface area (Å²) in [6, 6.07) is 14.3. The van der Waals surface area contributed by atoms with Gasteiger partial charge in [0.05, 0.1) is 5.25 Å². The Morgan fingerprint density at radius 3 is 2.18 bits per heavy atom. The normalized spacial score (nSPS) is 11.8. The molecular formula is C17H16ClNO2S. The number of Topliss-reactive ketones (excluding diaryl/α,β-unsaturated/α-hetero) is 1. The monoisotopic (exact) mass is 333 g/mol. The maximum Gasteiger partial charge on any atom is 0.221 e. The molecular weight excluding hydrogens is 318 g/mol. The molecule has 1 atom stereocenters. The summed E-state index contributed by atoms with van der Waals surface area (Å²) in [4.78, 5) is 24.3. The predicted molar refractivity (Wildman–Crippen MR) is 91.8 cm³/mol. The Bertz CT molecular complexity index is 668. The van der Waals surface area contributed by atoms with Crippen LogP contribution < -0.4 is 5.32 Å². The van der Waals surface area contributed by atoms with Gasteiger partial charge in [0.25, 0.3) is 0 Å². The molecule has 0 saturated heterocycles. The first-order valence-electron chi connectivity index (χ1n) is 6.80. The zero-order valence-electron chi connectivity index (χ0n) is 12.3. The van der Waals surface area contributed by atoms with Gasteiger partial charge in [-0.1, -0.05) is 11.6 Å². The molecule has 1 N–H and O–H groups in total. The van der Waals surface area contributed by atoms with Crippen LogP contribution in [0, 0.1) is 0 Å². The quantitative estimate of drug-likeness (QED) is 0.639. The number of carbonyl (C=O) groups excluding carboxylic acids is 2. The number of ketones is 1. The fourth-order valence-electron chi connectivity index (χ4n) is 1.93. The molecule has 2 aromatic rings. The lowest BCUT2D eigenvalue weighted by Gasteiger charge is -2.11. The van der Waals surface area contributed by atoms with Crippen molar-refractivity contribution in [3.63, 3.8) is 0 Å². The number of hydrogen-bond donors (Lipinski definition) is 1. The summed E-state index contributed by atoms with van der Waals surface area (Å²) in [7, 11) is 0. The first kappa shape index (κ1) is 16.6. The van der Waals surface area contributed by atoms with Crippen molar-refractivity contribution in [2.45, 2.75) is 24.0 Å². The minimum atomic E-state index is -0.201. The summed E-state index contributed by atoms with van der Waals surface area (Å²) in [6.45, 7) is 3.35. The number of halogens is 1. The Hall–Kier alpha value is -1.78. The minimum absolute atomic E-state index is 0.0626. The van der Waals surface area contributed by atoms with E-state index in [9.17, 15) is 9.59 Å². The van der Waals surface area contributed by atoms with E-state index in [1.807, 2.05) is 31.2 Å². The van der Waals surface area contributed by atoms with Crippen LogP contribution in [0.1, 0.15) is 24.2 Å². The van der Waals surface area contributed by atoms with Gasteiger partial charge in [-0.2, -0.15) is 0 Å². The number of benzene rings is 2. The van der Waals surface area contributed by atoms with E-state index in [1.165, 1.54) is 18.7 Å². The average molecular weight is 334 g/mol. The van der Waals surface area contributed by atoms with Crippen LogP contribution in [0.2, 0.25) is 5.02 Å². The van der Waals surface area contributed by atoms with Gasteiger partial charge in [-0.3, -0.25) is 9.59 Å². The fraction of sp³-hybridized carbons (Fsp3) is 0.176. The molecule has 0 heterocycles.